The van der Waals surface area contributed by atoms with Gasteiger partial charge in [-0.05, 0) is 61.4 Å². The molecule has 5 rings (SSSR count). The first-order valence-corrected chi connectivity index (χ1v) is 12.1. The van der Waals surface area contributed by atoms with Crippen LogP contribution in [-0.2, 0) is 13.2 Å². The monoisotopic (exact) mass is 404 g/mol. The molecule has 0 spiro atoms. The van der Waals surface area contributed by atoms with Crippen molar-refractivity contribution in [2.75, 3.05) is 19.6 Å². The van der Waals surface area contributed by atoms with Crippen LogP contribution in [-0.4, -0.2) is 41.5 Å². The van der Waals surface area contributed by atoms with Gasteiger partial charge in [-0.15, -0.1) is 0 Å². The van der Waals surface area contributed by atoms with Crippen molar-refractivity contribution >= 4 is 0 Å². The second-order valence-corrected chi connectivity index (χ2v) is 9.53. The molecule has 0 amide bonds. The Balaban J connectivity index is 1.28. The fourth-order valence-electron chi connectivity index (χ4n) is 6.15. The first kappa shape index (κ1) is 20.1. The minimum Gasteiger partial charge on any atom is -0.489 e. The van der Waals surface area contributed by atoms with Gasteiger partial charge in [-0.25, -0.2) is 0 Å². The van der Waals surface area contributed by atoms with Crippen molar-refractivity contribution in [3.8, 4) is 5.75 Å². The molecule has 0 unspecified atom stereocenters. The molecule has 2 aromatic carbocycles. The van der Waals surface area contributed by atoms with Gasteiger partial charge < -0.3 is 4.74 Å². The van der Waals surface area contributed by atoms with Crippen LogP contribution in [0.5, 0.6) is 5.75 Å². The molecule has 0 radical (unpaired) electrons. The second-order valence-electron chi connectivity index (χ2n) is 9.53. The number of piperazine rings is 1. The molecule has 2 heterocycles. The molecule has 3 heteroatoms. The molecule has 0 aromatic heterocycles. The minimum atomic E-state index is 0.635. The van der Waals surface area contributed by atoms with Crippen LogP contribution in [0.2, 0.25) is 0 Å². The maximum atomic E-state index is 6.11. The van der Waals surface area contributed by atoms with Gasteiger partial charge in [0.15, 0.2) is 0 Å². The standard InChI is InChI=1S/C27H36N2O/c1-3-9-22(10-4-1)21-30-25-14-7-11-23(19-25)20-29-18-17-28-16-8-15-26(28)27(29)24-12-5-2-6-13-24/h1,3-4,7,9-11,14,19,24,26-27H,2,5-6,8,12-13,15-18,20-21H2/t26-,27+/m0/s1. The summed E-state index contributed by atoms with van der Waals surface area (Å²) in [5.41, 5.74) is 2.62. The number of hydrogen-bond donors (Lipinski definition) is 0. The Hall–Kier alpha value is -1.84. The third-order valence-electron chi connectivity index (χ3n) is 7.57. The average Bonchev–Trinajstić information content (AvgIpc) is 3.28. The lowest BCUT2D eigenvalue weighted by atomic mass is 9.78. The Morgan fingerprint density at radius 1 is 0.767 bits per heavy atom. The quantitative estimate of drug-likeness (QED) is 0.633. The largest absolute Gasteiger partial charge is 0.489 e. The Morgan fingerprint density at radius 3 is 2.47 bits per heavy atom. The zero-order valence-corrected chi connectivity index (χ0v) is 18.2. The highest BCUT2D eigenvalue weighted by Gasteiger charge is 2.42. The third-order valence-corrected chi connectivity index (χ3v) is 7.57. The summed E-state index contributed by atoms with van der Waals surface area (Å²) < 4.78 is 6.11. The van der Waals surface area contributed by atoms with Gasteiger partial charge in [0, 0.05) is 31.7 Å². The first-order valence-electron chi connectivity index (χ1n) is 12.1. The van der Waals surface area contributed by atoms with E-state index in [-0.39, 0.29) is 0 Å². The Bertz CT molecular complexity index is 802. The predicted octanol–water partition coefficient (Wildman–Crippen LogP) is 5.49. The van der Waals surface area contributed by atoms with Crippen LogP contribution in [0.4, 0.5) is 0 Å². The van der Waals surface area contributed by atoms with E-state index in [1.165, 1.54) is 75.7 Å². The van der Waals surface area contributed by atoms with Crippen molar-refractivity contribution in [1.82, 2.24) is 9.80 Å². The molecule has 0 bridgehead atoms. The smallest absolute Gasteiger partial charge is 0.120 e. The summed E-state index contributed by atoms with van der Waals surface area (Å²) in [6, 6.07) is 20.8. The number of nitrogens with zero attached hydrogens (tertiary/aromatic N) is 2. The van der Waals surface area contributed by atoms with Crippen LogP contribution < -0.4 is 4.74 Å². The molecule has 3 nitrogen and oxygen atoms in total. The van der Waals surface area contributed by atoms with Crippen molar-refractivity contribution < 1.29 is 4.74 Å². The SMILES string of the molecule is c1ccc(COc2cccc(CN3CCN4CCC[C@H]4[C@H]3C3CCCCC3)c2)cc1. The van der Waals surface area contributed by atoms with Crippen LogP contribution in [0.1, 0.15) is 56.1 Å². The molecular weight excluding hydrogens is 368 g/mol. The van der Waals surface area contributed by atoms with E-state index in [1.807, 2.05) is 0 Å². The average molecular weight is 405 g/mol. The van der Waals surface area contributed by atoms with Crippen LogP contribution in [0.25, 0.3) is 0 Å². The zero-order chi connectivity index (χ0) is 20.2. The fraction of sp³-hybridized carbons (Fsp3) is 0.556. The summed E-state index contributed by atoms with van der Waals surface area (Å²) in [6.07, 6.45) is 9.98. The Labute approximate surface area is 182 Å². The minimum absolute atomic E-state index is 0.635. The van der Waals surface area contributed by atoms with Crippen LogP contribution >= 0.6 is 0 Å². The Morgan fingerprint density at radius 2 is 1.60 bits per heavy atom. The maximum absolute atomic E-state index is 6.11. The molecule has 1 aliphatic carbocycles. The highest BCUT2D eigenvalue weighted by molar-refractivity contribution is 5.29. The number of ether oxygens (including phenoxy) is 1. The lowest BCUT2D eigenvalue weighted by Gasteiger charge is -2.49. The van der Waals surface area contributed by atoms with E-state index in [1.54, 1.807) is 0 Å². The van der Waals surface area contributed by atoms with Gasteiger partial charge in [0.05, 0.1) is 0 Å². The normalized spacial score (nSPS) is 25.9. The summed E-state index contributed by atoms with van der Waals surface area (Å²) in [6.45, 7) is 5.49. The molecule has 0 N–H and O–H groups in total. The van der Waals surface area contributed by atoms with E-state index in [9.17, 15) is 0 Å². The maximum Gasteiger partial charge on any atom is 0.120 e. The molecule has 1 saturated carbocycles. The molecular formula is C27H36N2O. The summed E-state index contributed by atoms with van der Waals surface area (Å²) in [5, 5.41) is 0. The summed E-state index contributed by atoms with van der Waals surface area (Å²) in [5.74, 6) is 1.88. The van der Waals surface area contributed by atoms with Crippen molar-refractivity contribution in [2.24, 2.45) is 5.92 Å². The van der Waals surface area contributed by atoms with E-state index in [0.29, 0.717) is 6.61 Å². The van der Waals surface area contributed by atoms with Crippen LogP contribution in [0.15, 0.2) is 54.6 Å². The predicted molar refractivity (Wildman–Crippen MR) is 123 cm³/mol. The number of fused-ring (bicyclic) bond motifs is 1. The van der Waals surface area contributed by atoms with Gasteiger partial charge in [-0.1, -0.05) is 61.7 Å². The van der Waals surface area contributed by atoms with E-state index in [4.69, 9.17) is 4.74 Å². The highest BCUT2D eigenvalue weighted by Crippen LogP contribution is 2.38. The van der Waals surface area contributed by atoms with Crippen LogP contribution in [0.3, 0.4) is 0 Å². The first-order chi connectivity index (χ1) is 14.9. The van der Waals surface area contributed by atoms with Gasteiger partial charge in [-0.2, -0.15) is 0 Å². The molecule has 2 atom stereocenters. The van der Waals surface area contributed by atoms with Crippen molar-refractivity contribution in [3.05, 3.63) is 65.7 Å². The number of benzene rings is 2. The topological polar surface area (TPSA) is 15.7 Å². The van der Waals surface area contributed by atoms with Gasteiger partial charge in [0.25, 0.3) is 0 Å². The zero-order valence-electron chi connectivity index (χ0n) is 18.2. The third kappa shape index (κ3) is 4.58. The molecule has 160 valence electrons. The van der Waals surface area contributed by atoms with Gasteiger partial charge >= 0.3 is 0 Å². The summed E-state index contributed by atoms with van der Waals surface area (Å²) in [7, 11) is 0. The lowest BCUT2D eigenvalue weighted by Crippen LogP contribution is -2.59. The number of hydrogen-bond acceptors (Lipinski definition) is 3. The lowest BCUT2D eigenvalue weighted by molar-refractivity contribution is -0.00383. The van der Waals surface area contributed by atoms with Crippen molar-refractivity contribution in [3.63, 3.8) is 0 Å². The van der Waals surface area contributed by atoms with E-state index in [0.717, 1.165) is 30.3 Å². The van der Waals surface area contributed by atoms with Crippen molar-refractivity contribution in [2.45, 2.75) is 70.2 Å². The van der Waals surface area contributed by atoms with E-state index in [2.05, 4.69) is 64.4 Å². The number of rotatable bonds is 6. The van der Waals surface area contributed by atoms with Gasteiger partial charge in [0.2, 0.25) is 0 Å². The van der Waals surface area contributed by atoms with Crippen LogP contribution in [0, 0.1) is 5.92 Å². The molecule has 30 heavy (non-hydrogen) atoms. The second kappa shape index (κ2) is 9.53. The molecule has 2 saturated heterocycles. The van der Waals surface area contributed by atoms with E-state index < -0.39 is 0 Å². The molecule has 3 fully saturated rings. The van der Waals surface area contributed by atoms with Crippen molar-refractivity contribution in [1.29, 1.82) is 0 Å². The van der Waals surface area contributed by atoms with Gasteiger partial charge in [-0.3, -0.25) is 9.80 Å². The molecule has 2 aliphatic heterocycles. The van der Waals surface area contributed by atoms with Gasteiger partial charge in [0.1, 0.15) is 12.4 Å². The summed E-state index contributed by atoms with van der Waals surface area (Å²) in [4.78, 5) is 5.63. The Kier molecular flexibility index (Phi) is 6.38. The fourth-order valence-corrected chi connectivity index (χ4v) is 6.15. The highest BCUT2D eigenvalue weighted by atomic mass is 16.5. The summed E-state index contributed by atoms with van der Waals surface area (Å²) >= 11 is 0. The molecule has 3 aliphatic rings. The van der Waals surface area contributed by atoms with E-state index >= 15 is 0 Å². The molecule has 2 aromatic rings.